The highest BCUT2D eigenvalue weighted by Gasteiger charge is 2.25. The van der Waals surface area contributed by atoms with E-state index < -0.39 is 10.0 Å². The first kappa shape index (κ1) is 19.7. The minimum atomic E-state index is -3.63. The van der Waals surface area contributed by atoms with Crippen LogP contribution in [0.15, 0.2) is 29.6 Å². The van der Waals surface area contributed by atoms with Crippen molar-refractivity contribution in [2.75, 3.05) is 24.2 Å². The number of nitrogens with zero attached hydrogens (tertiary/aromatic N) is 4. The van der Waals surface area contributed by atoms with Crippen LogP contribution < -0.4 is 10.0 Å². The smallest absolute Gasteiger partial charge is 0.244 e. The highest BCUT2D eigenvalue weighted by Crippen LogP contribution is 2.26. The molecule has 0 aliphatic carbocycles. The monoisotopic (exact) mass is 422 g/mol. The number of aryl methyl sites for hydroxylation is 1. The van der Waals surface area contributed by atoms with Crippen LogP contribution in [0.2, 0.25) is 0 Å². The molecule has 2 aliphatic rings. The quantitative estimate of drug-likeness (QED) is 0.703. The van der Waals surface area contributed by atoms with Gasteiger partial charge in [0.05, 0.1) is 0 Å². The molecule has 2 aliphatic heterocycles. The lowest BCUT2D eigenvalue weighted by Gasteiger charge is -2.23. The van der Waals surface area contributed by atoms with Gasteiger partial charge in [0.25, 0.3) is 0 Å². The van der Waals surface area contributed by atoms with Gasteiger partial charge in [0.2, 0.25) is 10.0 Å². The highest BCUT2D eigenvalue weighted by molar-refractivity contribution is 8.00. The van der Waals surface area contributed by atoms with Gasteiger partial charge in [-0.15, -0.1) is 10.2 Å². The maximum Gasteiger partial charge on any atom is 0.244 e. The SMILES string of the molecule is O=S(=O)(NCC1CCn2cnnc2C1)c1cccnc1NCC1CCCCS1. The van der Waals surface area contributed by atoms with Crippen LogP contribution in [-0.4, -0.2) is 52.3 Å². The average Bonchev–Trinajstić information content (AvgIpc) is 3.20. The van der Waals surface area contributed by atoms with Crippen molar-refractivity contribution in [3.05, 3.63) is 30.5 Å². The van der Waals surface area contributed by atoms with Crippen molar-refractivity contribution in [1.29, 1.82) is 0 Å². The highest BCUT2D eigenvalue weighted by atomic mass is 32.2. The molecule has 4 rings (SSSR count). The van der Waals surface area contributed by atoms with Crippen molar-refractivity contribution < 1.29 is 8.42 Å². The number of thioether (sulfide) groups is 1. The van der Waals surface area contributed by atoms with Crippen LogP contribution >= 0.6 is 11.8 Å². The summed E-state index contributed by atoms with van der Waals surface area (Å²) in [6, 6.07) is 3.28. The molecule has 1 fully saturated rings. The third kappa shape index (κ3) is 4.66. The zero-order chi connectivity index (χ0) is 19.4. The number of anilines is 1. The van der Waals surface area contributed by atoms with Gasteiger partial charge >= 0.3 is 0 Å². The number of sulfonamides is 1. The fourth-order valence-electron chi connectivity index (χ4n) is 3.70. The minimum absolute atomic E-state index is 0.217. The summed E-state index contributed by atoms with van der Waals surface area (Å²) in [6.45, 7) is 1.96. The van der Waals surface area contributed by atoms with Crippen LogP contribution in [0.4, 0.5) is 5.82 Å². The molecule has 2 unspecified atom stereocenters. The molecule has 1 saturated heterocycles. The second-order valence-electron chi connectivity index (χ2n) is 7.37. The molecular weight excluding hydrogens is 396 g/mol. The molecule has 0 amide bonds. The Labute approximate surface area is 170 Å². The van der Waals surface area contributed by atoms with Gasteiger partial charge in [-0.2, -0.15) is 11.8 Å². The molecule has 28 heavy (non-hydrogen) atoms. The van der Waals surface area contributed by atoms with Crippen LogP contribution in [-0.2, 0) is 23.0 Å². The van der Waals surface area contributed by atoms with Gasteiger partial charge in [-0.05, 0) is 43.1 Å². The van der Waals surface area contributed by atoms with Crippen molar-refractivity contribution >= 4 is 27.6 Å². The van der Waals surface area contributed by atoms with E-state index in [1.807, 2.05) is 16.3 Å². The minimum Gasteiger partial charge on any atom is -0.368 e. The zero-order valence-corrected chi connectivity index (χ0v) is 17.4. The van der Waals surface area contributed by atoms with E-state index in [0.29, 0.717) is 17.6 Å². The van der Waals surface area contributed by atoms with Crippen LogP contribution in [0.5, 0.6) is 0 Å². The Morgan fingerprint density at radius 2 is 2.18 bits per heavy atom. The molecule has 2 aromatic heterocycles. The van der Waals surface area contributed by atoms with E-state index in [1.54, 1.807) is 24.7 Å². The lowest BCUT2D eigenvalue weighted by atomic mass is 9.98. The summed E-state index contributed by atoms with van der Waals surface area (Å²) in [7, 11) is -3.63. The number of aromatic nitrogens is 4. The molecule has 152 valence electrons. The molecule has 2 aromatic rings. The summed E-state index contributed by atoms with van der Waals surface area (Å²) in [5.74, 6) is 2.75. The number of rotatable bonds is 7. The van der Waals surface area contributed by atoms with Crippen molar-refractivity contribution in [3.63, 3.8) is 0 Å². The number of hydrogen-bond acceptors (Lipinski definition) is 7. The number of pyridine rings is 1. The first-order valence-electron chi connectivity index (χ1n) is 9.78. The van der Waals surface area contributed by atoms with Crippen molar-refractivity contribution in [3.8, 4) is 0 Å². The van der Waals surface area contributed by atoms with Gasteiger partial charge in [-0.1, -0.05) is 6.42 Å². The molecule has 8 nitrogen and oxygen atoms in total. The van der Waals surface area contributed by atoms with E-state index in [4.69, 9.17) is 0 Å². The van der Waals surface area contributed by atoms with Gasteiger partial charge in [-0.3, -0.25) is 0 Å². The lowest BCUT2D eigenvalue weighted by molar-refractivity contribution is 0.379. The topological polar surface area (TPSA) is 102 Å². The largest absolute Gasteiger partial charge is 0.368 e. The molecule has 0 aromatic carbocycles. The van der Waals surface area contributed by atoms with Gasteiger partial charge in [0, 0.05) is 37.5 Å². The molecule has 2 N–H and O–H groups in total. The van der Waals surface area contributed by atoms with E-state index >= 15 is 0 Å². The molecule has 0 spiro atoms. The number of nitrogens with one attached hydrogen (secondary N) is 2. The van der Waals surface area contributed by atoms with Crippen molar-refractivity contribution in [2.24, 2.45) is 5.92 Å². The summed E-state index contributed by atoms with van der Waals surface area (Å²) in [4.78, 5) is 4.50. The Hall–Kier alpha value is -1.65. The Morgan fingerprint density at radius 1 is 1.25 bits per heavy atom. The van der Waals surface area contributed by atoms with Crippen LogP contribution in [0.25, 0.3) is 0 Å². The standard InChI is InChI=1S/C18H26N6O2S2/c25-28(26,22-11-14-6-8-24-13-21-23-17(24)10-14)16-5-3-7-19-18(16)20-12-15-4-1-2-9-27-15/h3,5,7,13-15,22H,1-2,4,6,8-12H2,(H,19,20). The average molecular weight is 423 g/mol. The Kier molecular flexibility index (Phi) is 6.17. The van der Waals surface area contributed by atoms with Gasteiger partial charge < -0.3 is 9.88 Å². The van der Waals surface area contributed by atoms with Crippen molar-refractivity contribution in [2.45, 2.75) is 48.8 Å². The Morgan fingerprint density at radius 3 is 3.04 bits per heavy atom. The maximum absolute atomic E-state index is 12.9. The molecule has 4 heterocycles. The fraction of sp³-hybridized carbons (Fsp3) is 0.611. The maximum atomic E-state index is 12.9. The predicted octanol–water partition coefficient (Wildman–Crippen LogP) is 1.91. The Balaban J connectivity index is 1.38. The van der Waals surface area contributed by atoms with E-state index in [1.165, 1.54) is 18.6 Å². The van der Waals surface area contributed by atoms with Gasteiger partial charge in [0.1, 0.15) is 22.9 Å². The van der Waals surface area contributed by atoms with Gasteiger partial charge in [0.15, 0.2) is 0 Å². The third-order valence-electron chi connectivity index (χ3n) is 5.34. The molecule has 2 atom stereocenters. The van der Waals surface area contributed by atoms with Gasteiger partial charge in [-0.25, -0.2) is 18.1 Å². The van der Waals surface area contributed by atoms with Crippen LogP contribution in [0.3, 0.4) is 0 Å². The molecule has 0 radical (unpaired) electrons. The summed E-state index contributed by atoms with van der Waals surface area (Å²) < 4.78 is 30.6. The normalized spacial score (nSPS) is 22.6. The second-order valence-corrected chi connectivity index (χ2v) is 10.5. The predicted molar refractivity (Wildman–Crippen MR) is 110 cm³/mol. The first-order chi connectivity index (χ1) is 13.6. The Bertz CT molecular complexity index is 895. The molecule has 0 saturated carbocycles. The second kappa shape index (κ2) is 8.79. The molecular formula is C18H26N6O2S2. The lowest BCUT2D eigenvalue weighted by Crippen LogP contribution is -2.33. The molecule has 10 heteroatoms. The summed E-state index contributed by atoms with van der Waals surface area (Å²) in [6.07, 6.45) is 8.67. The summed E-state index contributed by atoms with van der Waals surface area (Å²) in [5, 5.41) is 11.8. The van der Waals surface area contributed by atoms with E-state index in [9.17, 15) is 8.42 Å². The third-order valence-corrected chi connectivity index (χ3v) is 8.19. The van der Waals surface area contributed by atoms with E-state index in [-0.39, 0.29) is 10.8 Å². The number of fused-ring (bicyclic) bond motifs is 1. The van der Waals surface area contributed by atoms with Crippen molar-refractivity contribution in [1.82, 2.24) is 24.5 Å². The molecule has 0 bridgehead atoms. The number of hydrogen-bond donors (Lipinski definition) is 2. The van der Waals surface area contributed by atoms with E-state index in [0.717, 1.165) is 38.2 Å². The summed E-state index contributed by atoms with van der Waals surface area (Å²) >= 11 is 1.95. The zero-order valence-electron chi connectivity index (χ0n) is 15.7. The first-order valence-corrected chi connectivity index (χ1v) is 12.3. The van der Waals surface area contributed by atoms with Crippen LogP contribution in [0.1, 0.15) is 31.5 Å². The van der Waals surface area contributed by atoms with E-state index in [2.05, 4.69) is 25.2 Å². The summed E-state index contributed by atoms with van der Waals surface area (Å²) in [5.41, 5.74) is 0. The van der Waals surface area contributed by atoms with Crippen LogP contribution in [0, 0.1) is 5.92 Å². The fourth-order valence-corrected chi connectivity index (χ4v) is 6.19.